The predicted molar refractivity (Wildman–Crippen MR) is 104 cm³/mol. The fraction of sp³-hybridized carbons (Fsp3) is 0.650. The van der Waals surface area contributed by atoms with E-state index in [0.717, 1.165) is 51.1 Å². The lowest BCUT2D eigenvalue weighted by molar-refractivity contribution is 0.112. The van der Waals surface area contributed by atoms with Gasteiger partial charge in [-0.15, -0.1) is 11.3 Å². The van der Waals surface area contributed by atoms with Gasteiger partial charge >= 0.3 is 0 Å². The van der Waals surface area contributed by atoms with Crippen LogP contribution in [0, 0.1) is 0 Å². The van der Waals surface area contributed by atoms with E-state index < -0.39 is 0 Å². The summed E-state index contributed by atoms with van der Waals surface area (Å²) in [6.07, 6.45) is 7.62. The van der Waals surface area contributed by atoms with Crippen LogP contribution in [0.1, 0.15) is 52.5 Å². The fourth-order valence-electron chi connectivity index (χ4n) is 4.56. The summed E-state index contributed by atoms with van der Waals surface area (Å²) in [6, 6.07) is 2.20. The molecule has 0 spiro atoms. The second-order valence-corrected chi connectivity index (χ2v) is 9.06. The Morgan fingerprint density at radius 2 is 2.11 bits per heavy atom. The molecule has 2 aliphatic heterocycles. The summed E-state index contributed by atoms with van der Waals surface area (Å²) in [5, 5.41) is 5.90. The molecule has 1 unspecified atom stereocenters. The van der Waals surface area contributed by atoms with Crippen LogP contribution in [0.2, 0.25) is 0 Å². The van der Waals surface area contributed by atoms with E-state index in [4.69, 9.17) is 14.8 Å². The lowest BCUT2D eigenvalue weighted by Gasteiger charge is -2.24. The molecule has 1 fully saturated rings. The molecule has 27 heavy (non-hydrogen) atoms. The zero-order chi connectivity index (χ0) is 18.2. The minimum absolute atomic E-state index is 0.0596. The van der Waals surface area contributed by atoms with Crippen LogP contribution in [0.3, 0.4) is 0 Å². The van der Waals surface area contributed by atoms with Gasteiger partial charge in [0, 0.05) is 18.5 Å². The highest BCUT2D eigenvalue weighted by atomic mass is 32.1. The number of aromatic nitrogens is 3. The molecule has 0 saturated carbocycles. The van der Waals surface area contributed by atoms with Gasteiger partial charge in [0.1, 0.15) is 5.01 Å². The Balaban J connectivity index is 1.31. The average Bonchev–Trinajstić information content (AvgIpc) is 3.29. The summed E-state index contributed by atoms with van der Waals surface area (Å²) < 4.78 is 7.26. The van der Waals surface area contributed by atoms with E-state index in [-0.39, 0.29) is 5.56 Å². The fourth-order valence-corrected chi connectivity index (χ4v) is 5.64. The lowest BCUT2D eigenvalue weighted by atomic mass is 9.97. The summed E-state index contributed by atoms with van der Waals surface area (Å²) in [7, 11) is 0. The van der Waals surface area contributed by atoms with Crippen molar-refractivity contribution in [3.63, 3.8) is 0 Å². The molecule has 3 aliphatic rings. The molecule has 2 aromatic heterocycles. The van der Waals surface area contributed by atoms with E-state index in [0.29, 0.717) is 19.2 Å². The first-order chi connectivity index (χ1) is 13.3. The number of ether oxygens (including phenoxy) is 1. The second kappa shape index (κ2) is 7.45. The number of aryl methyl sites for hydroxylation is 2. The molecule has 1 aliphatic carbocycles. The van der Waals surface area contributed by atoms with E-state index in [1.807, 2.05) is 6.07 Å². The Hall–Kier alpha value is -1.57. The van der Waals surface area contributed by atoms with Crippen molar-refractivity contribution in [1.29, 1.82) is 0 Å². The zero-order valence-corrected chi connectivity index (χ0v) is 16.5. The summed E-state index contributed by atoms with van der Waals surface area (Å²) >= 11 is 1.79. The van der Waals surface area contributed by atoms with Crippen LogP contribution < -0.4 is 5.56 Å². The molecule has 1 saturated heterocycles. The molecule has 0 aromatic carbocycles. The summed E-state index contributed by atoms with van der Waals surface area (Å²) in [5.41, 5.74) is 3.59. The van der Waals surface area contributed by atoms with Crippen LogP contribution in [0.5, 0.6) is 0 Å². The molecular weight excluding hydrogens is 360 g/mol. The highest BCUT2D eigenvalue weighted by Gasteiger charge is 2.27. The molecular formula is C20H26N4O2S. The first-order valence-electron chi connectivity index (χ1n) is 10.2. The van der Waals surface area contributed by atoms with E-state index in [2.05, 4.69) is 4.90 Å². The maximum Gasteiger partial charge on any atom is 0.267 e. The number of thiazole rings is 1. The van der Waals surface area contributed by atoms with E-state index >= 15 is 0 Å². The standard InChI is InChI=1S/C20H26N4O2S/c25-20-10-14-4-1-2-6-16(14)22-24(20)11-15-5-3-8-23(15)12-19-21-17-7-9-26-13-18(17)27-19/h10,15H,1-9,11-13H2. The Morgan fingerprint density at radius 3 is 3.04 bits per heavy atom. The van der Waals surface area contributed by atoms with Crippen molar-refractivity contribution < 1.29 is 4.74 Å². The van der Waals surface area contributed by atoms with Crippen LogP contribution in [0.15, 0.2) is 10.9 Å². The molecule has 144 valence electrons. The van der Waals surface area contributed by atoms with Crippen molar-refractivity contribution in [3.05, 3.63) is 43.3 Å². The van der Waals surface area contributed by atoms with Crippen LogP contribution in [0.25, 0.3) is 0 Å². The molecule has 0 radical (unpaired) electrons. The summed E-state index contributed by atoms with van der Waals surface area (Å²) in [4.78, 5) is 21.2. The van der Waals surface area contributed by atoms with Gasteiger partial charge in [0.15, 0.2) is 0 Å². The highest BCUT2D eigenvalue weighted by Crippen LogP contribution is 2.27. The Labute approximate surface area is 163 Å². The van der Waals surface area contributed by atoms with Gasteiger partial charge in [0.2, 0.25) is 0 Å². The van der Waals surface area contributed by atoms with E-state index in [9.17, 15) is 4.79 Å². The minimum atomic E-state index is 0.0596. The van der Waals surface area contributed by atoms with Gasteiger partial charge in [-0.3, -0.25) is 9.69 Å². The molecule has 7 heteroatoms. The monoisotopic (exact) mass is 386 g/mol. The van der Waals surface area contributed by atoms with Gasteiger partial charge in [-0.2, -0.15) is 5.10 Å². The SMILES string of the molecule is O=c1cc2c(nn1CC1CCCN1Cc1nc3c(s1)COCC3)CCCC2. The summed E-state index contributed by atoms with van der Waals surface area (Å²) in [6.45, 7) is 4.15. The van der Waals surface area contributed by atoms with E-state index in [1.165, 1.54) is 40.4 Å². The lowest BCUT2D eigenvalue weighted by Crippen LogP contribution is -2.37. The van der Waals surface area contributed by atoms with Crippen LogP contribution in [-0.4, -0.2) is 38.9 Å². The number of nitrogens with zero attached hydrogens (tertiary/aromatic N) is 4. The smallest absolute Gasteiger partial charge is 0.267 e. The minimum Gasteiger partial charge on any atom is -0.375 e. The van der Waals surface area contributed by atoms with Crippen LogP contribution >= 0.6 is 11.3 Å². The maximum atomic E-state index is 12.5. The maximum absolute atomic E-state index is 12.5. The number of hydrogen-bond acceptors (Lipinski definition) is 6. The molecule has 0 amide bonds. The van der Waals surface area contributed by atoms with Crippen molar-refractivity contribution in [3.8, 4) is 0 Å². The van der Waals surface area contributed by atoms with Gasteiger partial charge < -0.3 is 4.74 Å². The van der Waals surface area contributed by atoms with Crippen molar-refractivity contribution in [2.45, 2.75) is 70.7 Å². The molecule has 6 nitrogen and oxygen atoms in total. The Bertz CT molecular complexity index is 867. The van der Waals surface area contributed by atoms with Crippen LogP contribution in [-0.2, 0) is 43.7 Å². The number of fused-ring (bicyclic) bond motifs is 2. The first-order valence-corrected chi connectivity index (χ1v) is 11.0. The predicted octanol–water partition coefficient (Wildman–Crippen LogP) is 2.32. The quantitative estimate of drug-likeness (QED) is 0.807. The van der Waals surface area contributed by atoms with Gasteiger partial charge in [-0.05, 0) is 50.6 Å². The summed E-state index contributed by atoms with van der Waals surface area (Å²) in [5.74, 6) is 0. The first kappa shape index (κ1) is 17.5. The molecule has 0 N–H and O–H groups in total. The third-order valence-electron chi connectivity index (χ3n) is 6.03. The second-order valence-electron chi connectivity index (χ2n) is 7.89. The molecule has 2 aromatic rings. The zero-order valence-electron chi connectivity index (χ0n) is 15.7. The molecule has 5 rings (SSSR count). The normalized spacial score (nSPS) is 22.6. The van der Waals surface area contributed by atoms with E-state index in [1.54, 1.807) is 16.0 Å². The number of likely N-dealkylation sites (tertiary alicyclic amines) is 1. The van der Waals surface area contributed by atoms with Gasteiger partial charge in [-0.25, -0.2) is 9.67 Å². The topological polar surface area (TPSA) is 60.2 Å². The Morgan fingerprint density at radius 1 is 1.19 bits per heavy atom. The average molecular weight is 387 g/mol. The third kappa shape index (κ3) is 3.60. The highest BCUT2D eigenvalue weighted by molar-refractivity contribution is 7.11. The largest absolute Gasteiger partial charge is 0.375 e. The molecule has 1 atom stereocenters. The number of rotatable bonds is 4. The number of hydrogen-bond donors (Lipinski definition) is 0. The third-order valence-corrected chi connectivity index (χ3v) is 7.09. The van der Waals surface area contributed by atoms with Gasteiger partial charge in [-0.1, -0.05) is 0 Å². The van der Waals surface area contributed by atoms with Crippen molar-refractivity contribution in [2.75, 3.05) is 13.2 Å². The van der Waals surface area contributed by atoms with Crippen molar-refractivity contribution >= 4 is 11.3 Å². The molecule has 4 heterocycles. The molecule has 0 bridgehead atoms. The van der Waals surface area contributed by atoms with Gasteiger partial charge in [0.05, 0.1) is 42.6 Å². The van der Waals surface area contributed by atoms with Crippen molar-refractivity contribution in [2.24, 2.45) is 0 Å². The van der Waals surface area contributed by atoms with Crippen LogP contribution in [0.4, 0.5) is 0 Å². The van der Waals surface area contributed by atoms with Crippen molar-refractivity contribution in [1.82, 2.24) is 19.7 Å². The van der Waals surface area contributed by atoms with Gasteiger partial charge in [0.25, 0.3) is 5.56 Å². The Kier molecular flexibility index (Phi) is 4.83.